The van der Waals surface area contributed by atoms with Gasteiger partial charge < -0.3 is 15.1 Å². The van der Waals surface area contributed by atoms with Crippen LogP contribution in [0.1, 0.15) is 0 Å². The minimum Gasteiger partial charge on any atom is -0.402 e. The van der Waals surface area contributed by atoms with Crippen LogP contribution >= 0.6 is 48.5 Å². The van der Waals surface area contributed by atoms with Crippen molar-refractivity contribution in [3.8, 4) is 0 Å². The molecule has 0 unspecified atom stereocenters. The van der Waals surface area contributed by atoms with Crippen LogP contribution in [0.2, 0.25) is 0 Å². The molecule has 0 atom stereocenters. The van der Waals surface area contributed by atoms with Crippen molar-refractivity contribution in [1.82, 2.24) is 0 Å². The highest BCUT2D eigenvalue weighted by Gasteiger charge is 1.92. The largest absolute Gasteiger partial charge is 0.631 e. The second-order valence-electron chi connectivity index (χ2n) is 0.405. The number of halogens is 2. The first-order valence-corrected chi connectivity index (χ1v) is 6.99. The van der Waals surface area contributed by atoms with Gasteiger partial charge in [-0.15, -0.1) is 0 Å². The van der Waals surface area contributed by atoms with Crippen LogP contribution in [-0.4, -0.2) is 22.4 Å². The number of hydrogen-bond acceptors (Lipinski definition) is 4. The van der Waals surface area contributed by atoms with Crippen molar-refractivity contribution >= 4 is 55.8 Å². The maximum Gasteiger partial charge on any atom is 0.631 e. The molecule has 0 aromatic carbocycles. The van der Waals surface area contributed by atoms with E-state index in [2.05, 4.69) is 42.4 Å². The van der Waals surface area contributed by atoms with E-state index in [4.69, 9.17) is 15.1 Å². The predicted molar refractivity (Wildman–Crippen MR) is 48.0 cm³/mol. The van der Waals surface area contributed by atoms with Gasteiger partial charge in [-0.25, -0.2) is 0 Å². The molecule has 0 heterocycles. The first kappa shape index (κ1) is 11.5. The van der Waals surface area contributed by atoms with E-state index in [0.717, 1.165) is 0 Å². The average molecular weight is 348 g/mol. The Labute approximate surface area is 70.2 Å². The van der Waals surface area contributed by atoms with E-state index in [-0.39, 0.29) is 0 Å². The third kappa shape index (κ3) is 83.4. The van der Waals surface area contributed by atoms with Gasteiger partial charge in [-0.1, -0.05) is 0 Å². The molecule has 0 fully saturated rings. The molecule has 0 spiro atoms. The van der Waals surface area contributed by atoms with Gasteiger partial charge in [0.1, 0.15) is 0 Å². The van der Waals surface area contributed by atoms with E-state index in [1.165, 1.54) is 0 Å². The van der Waals surface area contributed by atoms with Crippen LogP contribution < -0.4 is 0 Å². The molecule has 44 valence electrons. The molecule has 7 heteroatoms. The fourth-order valence-corrected chi connectivity index (χ4v) is 0. The lowest BCUT2D eigenvalue weighted by molar-refractivity contribution is 0.278. The molecule has 0 saturated heterocycles. The van der Waals surface area contributed by atoms with Gasteiger partial charge in [0.15, 0.2) is 0 Å². The van der Waals surface area contributed by atoms with Gasteiger partial charge in [0.25, 0.3) is 0 Å². The molecule has 0 radical (unpaired) electrons. The molecule has 0 aromatic heterocycles. The third-order valence-electron chi connectivity index (χ3n) is 0. The molecule has 0 bridgehead atoms. The number of rotatable bonds is 0. The highest BCUT2D eigenvalue weighted by Crippen LogP contribution is 2.19. The summed E-state index contributed by atoms with van der Waals surface area (Å²) >= 11 is 4.38. The lowest BCUT2D eigenvalue weighted by atomic mass is 10.3. The molecule has 3 N–H and O–H groups in total. The maximum atomic E-state index is 7.17. The Hall–Kier alpha value is 1.75. The minimum absolute atomic E-state index is 1.69. The van der Waals surface area contributed by atoms with Crippen LogP contribution in [0.25, 0.3) is 0 Å². The Morgan fingerprint density at radius 3 is 1.14 bits per heavy atom. The van der Waals surface area contributed by atoms with Crippen LogP contribution in [0, 0.1) is 0 Å². The highest BCUT2D eigenvalue weighted by atomic mass is 127. The fourth-order valence-electron chi connectivity index (χ4n) is 0. The van der Waals surface area contributed by atoms with Crippen molar-refractivity contribution in [3.05, 3.63) is 0 Å². The van der Waals surface area contributed by atoms with Crippen LogP contribution in [-0.2, 0) is 0 Å². The summed E-state index contributed by atoms with van der Waals surface area (Å²) in [4.78, 5) is 0. The second kappa shape index (κ2) is 10.7. The molecule has 0 aromatic rings. The van der Waals surface area contributed by atoms with Crippen LogP contribution in [0.15, 0.2) is 0 Å². The Bertz CT molecular complexity index is 24.1. The topological polar surface area (TPSA) is 60.7 Å². The smallest absolute Gasteiger partial charge is 0.402 e. The normalized spacial score (nSPS) is 6.43. The summed E-state index contributed by atoms with van der Waals surface area (Å²) in [6.45, 7) is 0. The highest BCUT2D eigenvalue weighted by molar-refractivity contribution is 14.3. The van der Waals surface area contributed by atoms with Crippen LogP contribution in [0.4, 0.5) is 0 Å². The van der Waals surface area contributed by atoms with Crippen molar-refractivity contribution < 1.29 is 15.1 Å². The molecule has 0 aliphatic heterocycles. The lowest BCUT2D eigenvalue weighted by Crippen LogP contribution is -2.07. The van der Waals surface area contributed by atoms with Crippen molar-refractivity contribution in [2.75, 3.05) is 0 Å². The summed E-state index contributed by atoms with van der Waals surface area (Å²) in [5, 5.41) is 21.5. The van der Waals surface area contributed by atoms with Gasteiger partial charge in [0.05, 0.1) is 0 Å². The van der Waals surface area contributed by atoms with Crippen molar-refractivity contribution in [3.63, 3.8) is 0 Å². The van der Waals surface area contributed by atoms with Gasteiger partial charge in [-0.05, 0) is 6.10 Å². The van der Waals surface area contributed by atoms with Crippen LogP contribution in [0.5, 0.6) is 0 Å². The molecular formula is H3BI2O3S. The summed E-state index contributed by atoms with van der Waals surface area (Å²) < 4.78 is 0. The van der Waals surface area contributed by atoms with Gasteiger partial charge >= 0.3 is 7.32 Å². The molecule has 0 aliphatic carbocycles. The van der Waals surface area contributed by atoms with Crippen molar-refractivity contribution in [2.45, 2.75) is 0 Å². The van der Waals surface area contributed by atoms with Crippen LogP contribution in [0.3, 0.4) is 0 Å². The van der Waals surface area contributed by atoms with E-state index in [1.54, 1.807) is 6.10 Å². The summed E-state index contributed by atoms with van der Waals surface area (Å²) in [7, 11) is -2.17. The van der Waals surface area contributed by atoms with Gasteiger partial charge in [-0.3, -0.25) is 0 Å². The standard InChI is InChI=1S/BH3O3.I2S/c2-1(3)4;1-3-2/h2-4H;. The minimum atomic E-state index is -2.17. The zero-order chi connectivity index (χ0) is 6.28. The summed E-state index contributed by atoms with van der Waals surface area (Å²) in [6.07, 6.45) is 1.69. The maximum absolute atomic E-state index is 7.17. The Balaban J connectivity index is 0. The average Bonchev–Trinajstić information content (AvgIpc) is 1.33. The Morgan fingerprint density at radius 1 is 1.14 bits per heavy atom. The first-order chi connectivity index (χ1) is 3.15. The van der Waals surface area contributed by atoms with E-state index in [0.29, 0.717) is 0 Å². The molecule has 7 heavy (non-hydrogen) atoms. The summed E-state index contributed by atoms with van der Waals surface area (Å²) in [5.74, 6) is 0. The Morgan fingerprint density at radius 2 is 1.14 bits per heavy atom. The molecule has 0 amide bonds. The SMILES string of the molecule is ISI.OB(O)O. The van der Waals surface area contributed by atoms with Crippen molar-refractivity contribution in [1.29, 1.82) is 0 Å². The molecule has 0 aliphatic rings. The van der Waals surface area contributed by atoms with E-state index in [1.807, 2.05) is 0 Å². The molecule has 0 rings (SSSR count). The van der Waals surface area contributed by atoms with Gasteiger partial charge in [0.2, 0.25) is 0 Å². The van der Waals surface area contributed by atoms with Gasteiger partial charge in [-0.2, -0.15) is 0 Å². The quantitative estimate of drug-likeness (QED) is 0.438. The van der Waals surface area contributed by atoms with Gasteiger partial charge in [0, 0.05) is 42.4 Å². The predicted octanol–water partition coefficient (Wildman–Crippen LogP) is 0.368. The number of hydrogen-bond donors (Lipinski definition) is 3. The first-order valence-electron chi connectivity index (χ1n) is 1.08. The zero-order valence-electron chi connectivity index (χ0n) is 3.08. The molecule has 0 saturated carbocycles. The van der Waals surface area contributed by atoms with Crippen molar-refractivity contribution in [2.24, 2.45) is 0 Å². The summed E-state index contributed by atoms with van der Waals surface area (Å²) in [5.41, 5.74) is 0. The summed E-state index contributed by atoms with van der Waals surface area (Å²) in [6, 6.07) is 0. The van der Waals surface area contributed by atoms with E-state index < -0.39 is 7.32 Å². The molecule has 3 nitrogen and oxygen atoms in total. The fraction of sp³-hybridized carbons (Fsp3) is 0. The monoisotopic (exact) mass is 348 g/mol. The Kier molecular flexibility index (Phi) is 17.6. The lowest BCUT2D eigenvalue weighted by Gasteiger charge is -1.69. The molecular weight excluding hydrogens is 345 g/mol. The zero-order valence-corrected chi connectivity index (χ0v) is 8.21. The van der Waals surface area contributed by atoms with E-state index in [9.17, 15) is 0 Å². The van der Waals surface area contributed by atoms with E-state index >= 15 is 0 Å². The third-order valence-corrected chi connectivity index (χ3v) is 0. The second-order valence-corrected chi connectivity index (χ2v) is 8.22.